The Labute approximate surface area is 146 Å². The maximum Gasteiger partial charge on any atom is 0.248 e. The number of aromatic nitrogens is 1. The van der Waals surface area contributed by atoms with Crippen molar-refractivity contribution in [2.45, 2.75) is 39.1 Å². The summed E-state index contributed by atoms with van der Waals surface area (Å²) >= 11 is 6.24. The van der Waals surface area contributed by atoms with Gasteiger partial charge >= 0.3 is 0 Å². The van der Waals surface area contributed by atoms with Crippen molar-refractivity contribution in [3.8, 4) is 6.07 Å². The molecule has 0 spiro atoms. The zero-order chi connectivity index (χ0) is 17.4. The van der Waals surface area contributed by atoms with Gasteiger partial charge in [0.2, 0.25) is 5.91 Å². The van der Waals surface area contributed by atoms with Gasteiger partial charge in [-0.2, -0.15) is 5.26 Å². The fourth-order valence-corrected chi connectivity index (χ4v) is 2.76. The summed E-state index contributed by atoms with van der Waals surface area (Å²) in [7, 11) is 0. The van der Waals surface area contributed by atoms with E-state index in [9.17, 15) is 10.1 Å². The second-order valence-corrected chi connectivity index (χ2v) is 6.33. The molecule has 1 aromatic rings. The van der Waals surface area contributed by atoms with Crippen LogP contribution in [0.15, 0.2) is 5.03 Å². The molecule has 0 aliphatic heterocycles. The number of hydrogen-bond acceptors (Lipinski definition) is 5. The molecule has 6 nitrogen and oxygen atoms in total. The van der Waals surface area contributed by atoms with Crippen LogP contribution in [0.3, 0.4) is 0 Å². The zero-order valence-electron chi connectivity index (χ0n) is 13.7. The van der Waals surface area contributed by atoms with E-state index in [4.69, 9.17) is 12.2 Å². The Bertz CT molecular complexity index is 640. The van der Waals surface area contributed by atoms with Crippen LogP contribution in [0, 0.1) is 32.1 Å². The molecule has 1 rings (SSSR count). The Balaban J connectivity index is 2.60. The lowest BCUT2D eigenvalue weighted by molar-refractivity contribution is -0.119. The van der Waals surface area contributed by atoms with Gasteiger partial charge in [0.25, 0.3) is 0 Å². The lowest BCUT2D eigenvalue weighted by atomic mass is 10.1. The molecule has 1 amide bonds. The zero-order valence-corrected chi connectivity index (χ0v) is 15.4. The number of nitriles is 1. The van der Waals surface area contributed by atoms with Gasteiger partial charge in [-0.3, -0.25) is 15.6 Å². The summed E-state index contributed by atoms with van der Waals surface area (Å²) in [6.45, 7) is 8.50. The molecule has 8 heteroatoms. The minimum Gasteiger partial charge on any atom is -0.361 e. The van der Waals surface area contributed by atoms with Crippen LogP contribution in [0.1, 0.15) is 35.7 Å². The highest BCUT2D eigenvalue weighted by Gasteiger charge is 2.14. The molecule has 1 heterocycles. The molecule has 0 aliphatic rings. The Morgan fingerprint density at radius 2 is 2.00 bits per heavy atom. The predicted octanol–water partition coefficient (Wildman–Crippen LogP) is 1.88. The second kappa shape index (κ2) is 9.33. The van der Waals surface area contributed by atoms with Crippen molar-refractivity contribution in [2.24, 2.45) is 0 Å². The van der Waals surface area contributed by atoms with E-state index >= 15 is 0 Å². The number of amides is 1. The average molecular weight is 352 g/mol. The number of hydrazine groups is 1. The molecule has 0 aliphatic carbocycles. The van der Waals surface area contributed by atoms with Crippen LogP contribution >= 0.6 is 24.0 Å². The van der Waals surface area contributed by atoms with Gasteiger partial charge in [0.15, 0.2) is 5.11 Å². The highest BCUT2D eigenvalue weighted by atomic mass is 32.2. The number of nitrogens with one attached hydrogen (secondary N) is 3. The number of rotatable bonds is 5. The minimum absolute atomic E-state index is 0.146. The predicted molar refractivity (Wildman–Crippen MR) is 96.1 cm³/mol. The Kier molecular flexibility index (Phi) is 7.78. The number of thioether (sulfide) groups is 1. The number of carbonyl (C=O) groups excluding carboxylic acids is 1. The van der Waals surface area contributed by atoms with Crippen LogP contribution in [-0.2, 0) is 4.79 Å². The van der Waals surface area contributed by atoms with E-state index in [2.05, 4.69) is 27.2 Å². The van der Waals surface area contributed by atoms with Crippen molar-refractivity contribution < 1.29 is 4.79 Å². The SMILES string of the molecule is CCCNC(=S)NNC(=O)CSc1nc(C)c(C)c(C)c1C#N. The van der Waals surface area contributed by atoms with Crippen LogP contribution in [0.5, 0.6) is 0 Å². The van der Waals surface area contributed by atoms with Gasteiger partial charge in [0.05, 0.1) is 11.3 Å². The van der Waals surface area contributed by atoms with Crippen LogP contribution in [0.4, 0.5) is 0 Å². The first-order chi connectivity index (χ1) is 10.9. The molecule has 0 radical (unpaired) electrons. The second-order valence-electron chi connectivity index (χ2n) is 4.96. The fraction of sp³-hybridized carbons (Fsp3) is 0.467. The van der Waals surface area contributed by atoms with E-state index in [-0.39, 0.29) is 11.7 Å². The monoisotopic (exact) mass is 351 g/mol. The van der Waals surface area contributed by atoms with Crippen molar-refractivity contribution in [3.63, 3.8) is 0 Å². The van der Waals surface area contributed by atoms with E-state index in [1.54, 1.807) is 0 Å². The average Bonchev–Trinajstić information content (AvgIpc) is 2.54. The van der Waals surface area contributed by atoms with Gasteiger partial charge in [0, 0.05) is 12.2 Å². The van der Waals surface area contributed by atoms with Gasteiger partial charge in [-0.15, -0.1) is 0 Å². The van der Waals surface area contributed by atoms with Crippen molar-refractivity contribution >= 4 is 35.0 Å². The summed E-state index contributed by atoms with van der Waals surface area (Å²) < 4.78 is 0. The molecule has 124 valence electrons. The van der Waals surface area contributed by atoms with Crippen LogP contribution < -0.4 is 16.2 Å². The first kappa shape index (κ1) is 19.2. The highest BCUT2D eigenvalue weighted by molar-refractivity contribution is 8.00. The standard InChI is InChI=1S/C15H21N5OS2/c1-5-6-17-15(22)20-19-13(21)8-23-14-12(7-16)10(3)9(2)11(4)18-14/h5-6,8H2,1-4H3,(H,19,21)(H2,17,20,22). The third-order valence-corrected chi connectivity index (χ3v) is 4.49. The van der Waals surface area contributed by atoms with E-state index in [0.717, 1.165) is 29.8 Å². The topological polar surface area (TPSA) is 89.8 Å². The van der Waals surface area contributed by atoms with Gasteiger partial charge in [-0.05, 0) is 50.5 Å². The Hall–Kier alpha value is -1.85. The molecule has 0 fully saturated rings. The van der Waals surface area contributed by atoms with Gasteiger partial charge < -0.3 is 5.32 Å². The molecular formula is C15H21N5OS2. The normalized spacial score (nSPS) is 9.87. The third-order valence-electron chi connectivity index (χ3n) is 3.27. The summed E-state index contributed by atoms with van der Waals surface area (Å²) in [6.07, 6.45) is 0.945. The lowest BCUT2D eigenvalue weighted by Gasteiger charge is -2.12. The number of nitrogens with zero attached hydrogens (tertiary/aromatic N) is 2. The largest absolute Gasteiger partial charge is 0.361 e. The smallest absolute Gasteiger partial charge is 0.248 e. The first-order valence-electron chi connectivity index (χ1n) is 7.24. The highest BCUT2D eigenvalue weighted by Crippen LogP contribution is 2.26. The summed E-state index contributed by atoms with van der Waals surface area (Å²) in [5.41, 5.74) is 8.46. The molecule has 0 aromatic carbocycles. The molecule has 3 N–H and O–H groups in total. The first-order valence-corrected chi connectivity index (χ1v) is 8.63. The maximum absolute atomic E-state index is 11.8. The molecule has 0 bridgehead atoms. The number of thiocarbonyl (C=S) groups is 1. The quantitative estimate of drug-likeness (QED) is 0.424. The minimum atomic E-state index is -0.239. The van der Waals surface area contributed by atoms with Gasteiger partial charge in [0.1, 0.15) is 11.1 Å². The molecular weight excluding hydrogens is 330 g/mol. The summed E-state index contributed by atoms with van der Waals surface area (Å²) in [4.78, 5) is 16.3. The van der Waals surface area contributed by atoms with Crippen LogP contribution in [-0.4, -0.2) is 28.3 Å². The van der Waals surface area contributed by atoms with Crippen molar-refractivity contribution in [3.05, 3.63) is 22.4 Å². The third kappa shape index (κ3) is 5.69. The summed E-state index contributed by atoms with van der Waals surface area (Å²) in [5.74, 6) is -0.0928. The molecule has 0 saturated heterocycles. The molecule has 1 aromatic heterocycles. The summed E-state index contributed by atoms with van der Waals surface area (Å²) in [6, 6.07) is 2.17. The van der Waals surface area contributed by atoms with E-state index in [1.165, 1.54) is 11.8 Å². The van der Waals surface area contributed by atoms with Crippen LogP contribution in [0.2, 0.25) is 0 Å². The van der Waals surface area contributed by atoms with Crippen molar-refractivity contribution in [1.82, 2.24) is 21.2 Å². The fourth-order valence-electron chi connectivity index (χ4n) is 1.73. The van der Waals surface area contributed by atoms with E-state index in [0.29, 0.717) is 15.7 Å². The van der Waals surface area contributed by atoms with E-state index in [1.807, 2.05) is 27.7 Å². The number of carbonyl (C=O) groups is 1. The number of hydrogen-bond donors (Lipinski definition) is 3. The van der Waals surface area contributed by atoms with Crippen molar-refractivity contribution in [2.75, 3.05) is 12.3 Å². The summed E-state index contributed by atoms with van der Waals surface area (Å²) in [5, 5.41) is 13.2. The van der Waals surface area contributed by atoms with Gasteiger partial charge in [-0.1, -0.05) is 18.7 Å². The van der Waals surface area contributed by atoms with Crippen LogP contribution in [0.25, 0.3) is 0 Å². The molecule has 23 heavy (non-hydrogen) atoms. The Morgan fingerprint density at radius 1 is 1.30 bits per heavy atom. The lowest BCUT2D eigenvalue weighted by Crippen LogP contribution is -2.47. The number of aryl methyl sites for hydroxylation is 1. The number of pyridine rings is 1. The molecule has 0 unspecified atom stereocenters. The van der Waals surface area contributed by atoms with Gasteiger partial charge in [-0.25, -0.2) is 4.98 Å². The molecule has 0 atom stereocenters. The molecule has 0 saturated carbocycles. The Morgan fingerprint density at radius 3 is 2.61 bits per heavy atom. The van der Waals surface area contributed by atoms with E-state index < -0.39 is 0 Å². The maximum atomic E-state index is 11.8. The van der Waals surface area contributed by atoms with Crippen molar-refractivity contribution in [1.29, 1.82) is 5.26 Å².